The molecule has 0 aliphatic heterocycles. The maximum atomic E-state index is 9.33. The van der Waals surface area contributed by atoms with E-state index in [4.69, 9.17) is 11.6 Å². The highest BCUT2D eigenvalue weighted by molar-refractivity contribution is 6.33. The number of hydrogen-bond acceptors (Lipinski definition) is 2. The predicted molar refractivity (Wildman–Crippen MR) is 70.1 cm³/mol. The minimum absolute atomic E-state index is 0.00371. The van der Waals surface area contributed by atoms with Crippen molar-refractivity contribution in [3.63, 3.8) is 0 Å². The maximum absolute atomic E-state index is 9.33. The van der Waals surface area contributed by atoms with Crippen LogP contribution in [0.5, 0.6) is 0 Å². The first-order valence-corrected chi connectivity index (χ1v) is 5.75. The molecular weight excluding hydrogens is 222 g/mol. The molecule has 0 bridgehead atoms. The Bertz CT molecular complexity index is 363. The molecule has 1 N–H and O–H groups in total. The van der Waals surface area contributed by atoms with Crippen LogP contribution in [0.25, 0.3) is 0 Å². The van der Waals surface area contributed by atoms with Gasteiger partial charge in [0.05, 0.1) is 17.3 Å². The average molecular weight is 240 g/mol. The number of rotatable bonds is 5. The smallest absolute Gasteiger partial charge is 0.0702 e. The van der Waals surface area contributed by atoms with Crippen molar-refractivity contribution < 1.29 is 5.11 Å². The van der Waals surface area contributed by atoms with Crippen LogP contribution in [-0.2, 0) is 6.61 Å². The van der Waals surface area contributed by atoms with Gasteiger partial charge in [0.2, 0.25) is 0 Å². The van der Waals surface area contributed by atoms with E-state index < -0.39 is 0 Å². The molecule has 0 radical (unpaired) electrons. The summed E-state index contributed by atoms with van der Waals surface area (Å²) in [6.07, 6.45) is 1.84. The Balaban J connectivity index is 3.21. The summed E-state index contributed by atoms with van der Waals surface area (Å²) in [5, 5.41) is 10.00. The highest BCUT2D eigenvalue weighted by atomic mass is 35.5. The highest BCUT2D eigenvalue weighted by Gasteiger charge is 2.15. The molecule has 0 aliphatic rings. The number of aliphatic hydroxyl groups excluding tert-OH is 1. The molecule has 0 amide bonds. The molecule has 0 saturated heterocycles. The molecule has 0 unspecified atom stereocenters. The molecule has 88 valence electrons. The topological polar surface area (TPSA) is 23.5 Å². The largest absolute Gasteiger partial charge is 0.392 e. The van der Waals surface area contributed by atoms with Crippen LogP contribution < -0.4 is 4.90 Å². The number of hydrogen-bond donors (Lipinski definition) is 1. The fourth-order valence-corrected chi connectivity index (χ4v) is 2.01. The lowest BCUT2D eigenvalue weighted by Crippen LogP contribution is -2.31. The van der Waals surface area contributed by atoms with E-state index in [1.165, 1.54) is 0 Å². The van der Waals surface area contributed by atoms with E-state index in [0.29, 0.717) is 17.6 Å². The number of anilines is 1. The van der Waals surface area contributed by atoms with Crippen molar-refractivity contribution in [2.45, 2.75) is 26.5 Å². The summed E-state index contributed by atoms with van der Waals surface area (Å²) in [7, 11) is 0. The minimum atomic E-state index is -0.00371. The molecule has 16 heavy (non-hydrogen) atoms. The third-order valence-electron chi connectivity index (χ3n) is 2.48. The van der Waals surface area contributed by atoms with Crippen LogP contribution in [0, 0.1) is 0 Å². The summed E-state index contributed by atoms with van der Waals surface area (Å²) in [6.45, 7) is 8.64. The van der Waals surface area contributed by atoms with E-state index in [-0.39, 0.29) is 6.61 Å². The first kappa shape index (κ1) is 13.1. The van der Waals surface area contributed by atoms with Crippen LogP contribution >= 0.6 is 11.6 Å². The van der Waals surface area contributed by atoms with Crippen LogP contribution in [0.3, 0.4) is 0 Å². The standard InChI is InChI=1S/C13H18ClNO/c1-4-8-15(10(2)3)13-11(9-16)6-5-7-12(13)14/h4-7,10,16H,1,8-9H2,2-3H3. The molecule has 3 heteroatoms. The molecule has 0 aliphatic carbocycles. The van der Waals surface area contributed by atoms with Crippen LogP contribution in [0.4, 0.5) is 5.69 Å². The summed E-state index contributed by atoms with van der Waals surface area (Å²) < 4.78 is 0. The Labute approximate surface area is 102 Å². The van der Waals surface area contributed by atoms with Crippen molar-refractivity contribution in [2.24, 2.45) is 0 Å². The number of para-hydroxylation sites is 1. The van der Waals surface area contributed by atoms with E-state index in [9.17, 15) is 5.11 Å². The van der Waals surface area contributed by atoms with Gasteiger partial charge in [0, 0.05) is 18.2 Å². The van der Waals surface area contributed by atoms with Gasteiger partial charge in [-0.2, -0.15) is 0 Å². The molecule has 2 nitrogen and oxygen atoms in total. The highest BCUT2D eigenvalue weighted by Crippen LogP contribution is 2.31. The molecule has 0 atom stereocenters. The molecule has 0 heterocycles. The lowest BCUT2D eigenvalue weighted by molar-refractivity contribution is 0.282. The second kappa shape index (κ2) is 5.92. The monoisotopic (exact) mass is 239 g/mol. The van der Waals surface area contributed by atoms with E-state index in [1.54, 1.807) is 0 Å². The Hall–Kier alpha value is -0.990. The first-order chi connectivity index (χ1) is 7.61. The quantitative estimate of drug-likeness (QED) is 0.798. The fraction of sp³-hybridized carbons (Fsp3) is 0.385. The summed E-state index contributed by atoms with van der Waals surface area (Å²) in [6, 6.07) is 5.89. The molecule has 1 rings (SSSR count). The zero-order valence-corrected chi connectivity index (χ0v) is 10.5. The minimum Gasteiger partial charge on any atom is -0.392 e. The van der Waals surface area contributed by atoms with Crippen molar-refractivity contribution >= 4 is 17.3 Å². The molecule has 0 fully saturated rings. The molecule has 0 aromatic heterocycles. The normalized spacial score (nSPS) is 10.6. The van der Waals surface area contributed by atoms with Crippen LogP contribution in [0.1, 0.15) is 19.4 Å². The SMILES string of the molecule is C=CCN(c1c(Cl)cccc1CO)C(C)C. The molecule has 1 aromatic rings. The third-order valence-corrected chi connectivity index (χ3v) is 2.78. The zero-order chi connectivity index (χ0) is 12.1. The first-order valence-electron chi connectivity index (χ1n) is 5.37. The maximum Gasteiger partial charge on any atom is 0.0702 e. The van der Waals surface area contributed by atoms with Crippen LogP contribution in [-0.4, -0.2) is 17.7 Å². The van der Waals surface area contributed by atoms with Gasteiger partial charge in [0.25, 0.3) is 0 Å². The van der Waals surface area contributed by atoms with Crippen molar-refractivity contribution in [1.82, 2.24) is 0 Å². The van der Waals surface area contributed by atoms with Gasteiger partial charge in [-0.1, -0.05) is 29.8 Å². The average Bonchev–Trinajstić information content (AvgIpc) is 2.26. The summed E-state index contributed by atoms with van der Waals surface area (Å²) >= 11 is 6.20. The van der Waals surface area contributed by atoms with Crippen LogP contribution in [0.15, 0.2) is 30.9 Å². The second-order valence-electron chi connectivity index (χ2n) is 3.94. The summed E-state index contributed by atoms with van der Waals surface area (Å²) in [4.78, 5) is 2.13. The molecular formula is C13H18ClNO. The van der Waals surface area contributed by atoms with Gasteiger partial charge in [-0.25, -0.2) is 0 Å². The van der Waals surface area contributed by atoms with Crippen molar-refractivity contribution in [2.75, 3.05) is 11.4 Å². The van der Waals surface area contributed by atoms with Gasteiger partial charge in [0.15, 0.2) is 0 Å². The van der Waals surface area contributed by atoms with E-state index in [2.05, 4.69) is 25.3 Å². The number of benzene rings is 1. The lowest BCUT2D eigenvalue weighted by atomic mass is 10.1. The lowest BCUT2D eigenvalue weighted by Gasteiger charge is -2.30. The predicted octanol–water partition coefficient (Wildman–Crippen LogP) is 3.23. The Morgan fingerprint density at radius 2 is 2.19 bits per heavy atom. The van der Waals surface area contributed by atoms with Gasteiger partial charge < -0.3 is 10.0 Å². The van der Waals surface area contributed by atoms with Crippen LogP contribution in [0.2, 0.25) is 5.02 Å². The Kier molecular flexibility index (Phi) is 4.84. The zero-order valence-electron chi connectivity index (χ0n) is 9.78. The van der Waals surface area contributed by atoms with E-state index in [1.807, 2.05) is 24.3 Å². The number of nitrogens with zero attached hydrogens (tertiary/aromatic N) is 1. The van der Waals surface area contributed by atoms with Gasteiger partial charge in [-0.3, -0.25) is 0 Å². The van der Waals surface area contributed by atoms with E-state index >= 15 is 0 Å². The summed E-state index contributed by atoms with van der Waals surface area (Å²) in [5.74, 6) is 0. The Morgan fingerprint density at radius 3 is 2.69 bits per heavy atom. The van der Waals surface area contributed by atoms with Gasteiger partial charge in [-0.05, 0) is 19.9 Å². The molecule has 0 spiro atoms. The second-order valence-corrected chi connectivity index (χ2v) is 4.35. The summed E-state index contributed by atoms with van der Waals surface area (Å²) in [5.41, 5.74) is 1.75. The van der Waals surface area contributed by atoms with Crippen molar-refractivity contribution in [1.29, 1.82) is 0 Å². The number of halogens is 1. The van der Waals surface area contributed by atoms with Gasteiger partial charge in [0.1, 0.15) is 0 Å². The molecule has 1 aromatic carbocycles. The van der Waals surface area contributed by atoms with Crippen molar-refractivity contribution in [3.05, 3.63) is 41.4 Å². The van der Waals surface area contributed by atoms with E-state index in [0.717, 1.165) is 11.3 Å². The molecule has 0 saturated carbocycles. The number of aliphatic hydroxyl groups is 1. The van der Waals surface area contributed by atoms with Gasteiger partial charge >= 0.3 is 0 Å². The van der Waals surface area contributed by atoms with Crippen molar-refractivity contribution in [3.8, 4) is 0 Å². The fourth-order valence-electron chi connectivity index (χ4n) is 1.71. The third kappa shape index (κ3) is 2.77. The van der Waals surface area contributed by atoms with Gasteiger partial charge in [-0.15, -0.1) is 6.58 Å². The Morgan fingerprint density at radius 1 is 1.50 bits per heavy atom.